The molecule has 24 heavy (non-hydrogen) atoms. The Kier molecular flexibility index (Phi) is 4.72. The first-order valence-corrected chi connectivity index (χ1v) is 8.09. The molecule has 0 aliphatic rings. The fraction of sp³-hybridized carbons (Fsp3) is 0.118. The lowest BCUT2D eigenvalue weighted by atomic mass is 10.2. The van der Waals surface area contributed by atoms with Crippen molar-refractivity contribution in [3.63, 3.8) is 0 Å². The molecule has 0 atom stereocenters. The minimum absolute atomic E-state index is 0.0445. The summed E-state index contributed by atoms with van der Waals surface area (Å²) in [6, 6.07) is 12.3. The molecule has 0 saturated carbocycles. The monoisotopic (exact) mass is 341 g/mol. The standard InChI is InChI=1S/C17H15N3O3S/c1-23-13-7-5-12(6-8-13)14-11-24-17(18-14)19-15(21)10-20-9-3-2-4-16(20)22/h2-9,11H,10H2,1H3,(H,18,19,21). The Morgan fingerprint density at radius 1 is 1.25 bits per heavy atom. The van der Waals surface area contributed by atoms with Crippen LogP contribution in [-0.2, 0) is 11.3 Å². The lowest BCUT2D eigenvalue weighted by Gasteiger charge is -2.04. The molecular formula is C17H15N3O3S. The van der Waals surface area contributed by atoms with Crippen LogP contribution in [-0.4, -0.2) is 22.6 Å². The molecule has 0 spiro atoms. The number of hydrogen-bond donors (Lipinski definition) is 1. The molecule has 0 aliphatic carbocycles. The van der Waals surface area contributed by atoms with E-state index in [1.165, 1.54) is 22.0 Å². The zero-order chi connectivity index (χ0) is 16.9. The summed E-state index contributed by atoms with van der Waals surface area (Å²) in [5.74, 6) is 0.481. The van der Waals surface area contributed by atoms with Crippen molar-refractivity contribution in [2.45, 2.75) is 6.54 Å². The number of nitrogens with one attached hydrogen (secondary N) is 1. The third-order valence-electron chi connectivity index (χ3n) is 3.35. The van der Waals surface area contributed by atoms with E-state index >= 15 is 0 Å². The highest BCUT2D eigenvalue weighted by Crippen LogP contribution is 2.26. The van der Waals surface area contributed by atoms with Gasteiger partial charge in [0.1, 0.15) is 12.3 Å². The van der Waals surface area contributed by atoms with Crippen LogP contribution in [0, 0.1) is 0 Å². The van der Waals surface area contributed by atoms with Crippen LogP contribution in [0.3, 0.4) is 0 Å². The number of anilines is 1. The second-order valence-corrected chi connectivity index (χ2v) is 5.84. The number of nitrogens with zero attached hydrogens (tertiary/aromatic N) is 2. The van der Waals surface area contributed by atoms with Crippen molar-refractivity contribution in [2.24, 2.45) is 0 Å². The Morgan fingerprint density at radius 2 is 2.04 bits per heavy atom. The van der Waals surface area contributed by atoms with Gasteiger partial charge in [-0.05, 0) is 30.3 Å². The molecule has 1 N–H and O–H groups in total. The number of pyridine rings is 1. The smallest absolute Gasteiger partial charge is 0.250 e. The fourth-order valence-corrected chi connectivity index (χ4v) is 2.87. The van der Waals surface area contributed by atoms with E-state index in [0.717, 1.165) is 17.0 Å². The molecule has 0 unspecified atom stereocenters. The van der Waals surface area contributed by atoms with Gasteiger partial charge in [-0.25, -0.2) is 4.98 Å². The lowest BCUT2D eigenvalue weighted by molar-refractivity contribution is -0.116. The molecule has 6 nitrogen and oxygen atoms in total. The first kappa shape index (κ1) is 15.9. The van der Waals surface area contributed by atoms with E-state index in [0.29, 0.717) is 5.13 Å². The van der Waals surface area contributed by atoms with Crippen LogP contribution in [0.2, 0.25) is 0 Å². The van der Waals surface area contributed by atoms with Gasteiger partial charge in [0.2, 0.25) is 5.91 Å². The Hall–Kier alpha value is -2.93. The summed E-state index contributed by atoms with van der Waals surface area (Å²) >= 11 is 1.34. The van der Waals surface area contributed by atoms with E-state index in [1.54, 1.807) is 25.4 Å². The summed E-state index contributed by atoms with van der Waals surface area (Å²) in [5, 5.41) is 5.08. The fourth-order valence-electron chi connectivity index (χ4n) is 2.13. The van der Waals surface area contributed by atoms with E-state index in [-0.39, 0.29) is 18.0 Å². The van der Waals surface area contributed by atoms with Crippen LogP contribution in [0.15, 0.2) is 58.8 Å². The summed E-state index contributed by atoms with van der Waals surface area (Å²) in [7, 11) is 1.61. The Morgan fingerprint density at radius 3 is 2.75 bits per heavy atom. The highest BCUT2D eigenvalue weighted by molar-refractivity contribution is 7.14. The second kappa shape index (κ2) is 7.10. The quantitative estimate of drug-likeness (QED) is 0.774. The number of amides is 1. The third-order valence-corrected chi connectivity index (χ3v) is 4.11. The van der Waals surface area contributed by atoms with Crippen molar-refractivity contribution in [1.82, 2.24) is 9.55 Å². The number of carbonyl (C=O) groups is 1. The number of benzene rings is 1. The number of carbonyl (C=O) groups excluding carboxylic acids is 1. The van der Waals surface area contributed by atoms with Gasteiger partial charge in [0.05, 0.1) is 12.8 Å². The molecule has 2 aromatic heterocycles. The van der Waals surface area contributed by atoms with Crippen molar-refractivity contribution >= 4 is 22.4 Å². The molecule has 1 aromatic carbocycles. The molecule has 0 aliphatic heterocycles. The van der Waals surface area contributed by atoms with Gasteiger partial charge in [0, 0.05) is 23.2 Å². The van der Waals surface area contributed by atoms with Gasteiger partial charge in [0.25, 0.3) is 5.56 Å². The van der Waals surface area contributed by atoms with Crippen molar-refractivity contribution in [3.8, 4) is 17.0 Å². The van der Waals surface area contributed by atoms with Crippen LogP contribution in [0.5, 0.6) is 5.75 Å². The zero-order valence-corrected chi connectivity index (χ0v) is 13.7. The van der Waals surface area contributed by atoms with Crippen LogP contribution in [0.1, 0.15) is 0 Å². The van der Waals surface area contributed by atoms with Crippen LogP contribution in [0.25, 0.3) is 11.3 Å². The minimum atomic E-state index is -0.293. The van der Waals surface area contributed by atoms with Gasteiger partial charge in [-0.2, -0.15) is 0 Å². The molecule has 7 heteroatoms. The van der Waals surface area contributed by atoms with Crippen molar-refractivity contribution in [2.75, 3.05) is 12.4 Å². The van der Waals surface area contributed by atoms with Crippen LogP contribution >= 0.6 is 11.3 Å². The van der Waals surface area contributed by atoms with E-state index in [2.05, 4.69) is 10.3 Å². The number of methoxy groups -OCH3 is 1. The Balaban J connectivity index is 1.68. The number of thiazole rings is 1. The highest BCUT2D eigenvalue weighted by Gasteiger charge is 2.09. The average Bonchev–Trinajstić information content (AvgIpc) is 3.05. The maximum Gasteiger partial charge on any atom is 0.250 e. The van der Waals surface area contributed by atoms with E-state index in [4.69, 9.17) is 4.74 Å². The number of ether oxygens (including phenoxy) is 1. The molecule has 1 amide bonds. The third kappa shape index (κ3) is 3.69. The molecule has 122 valence electrons. The highest BCUT2D eigenvalue weighted by atomic mass is 32.1. The number of rotatable bonds is 5. The summed E-state index contributed by atoms with van der Waals surface area (Å²) in [6.07, 6.45) is 1.58. The zero-order valence-electron chi connectivity index (χ0n) is 12.9. The molecule has 0 bridgehead atoms. The van der Waals surface area contributed by atoms with Crippen LogP contribution in [0.4, 0.5) is 5.13 Å². The van der Waals surface area contributed by atoms with Crippen molar-refractivity contribution < 1.29 is 9.53 Å². The maximum absolute atomic E-state index is 12.0. The number of aromatic nitrogens is 2. The predicted molar refractivity (Wildman–Crippen MR) is 93.4 cm³/mol. The normalized spacial score (nSPS) is 10.4. The molecule has 0 saturated heterocycles. The topological polar surface area (TPSA) is 73.2 Å². The van der Waals surface area contributed by atoms with Gasteiger partial charge in [-0.15, -0.1) is 11.3 Å². The summed E-state index contributed by atoms with van der Waals surface area (Å²) in [6.45, 7) is -0.0445. The van der Waals surface area contributed by atoms with Gasteiger partial charge in [0.15, 0.2) is 5.13 Å². The largest absolute Gasteiger partial charge is 0.497 e. The van der Waals surface area contributed by atoms with Crippen molar-refractivity contribution in [1.29, 1.82) is 0 Å². The predicted octanol–water partition coefficient (Wildman–Crippen LogP) is 2.62. The van der Waals surface area contributed by atoms with E-state index in [1.807, 2.05) is 29.6 Å². The Labute approximate surface area is 142 Å². The molecule has 2 heterocycles. The maximum atomic E-state index is 12.0. The first-order chi connectivity index (χ1) is 11.7. The molecule has 0 radical (unpaired) electrons. The van der Waals surface area contributed by atoms with Crippen molar-refractivity contribution in [3.05, 3.63) is 64.4 Å². The van der Waals surface area contributed by atoms with Gasteiger partial charge in [-0.3, -0.25) is 9.59 Å². The van der Waals surface area contributed by atoms with Crippen LogP contribution < -0.4 is 15.6 Å². The second-order valence-electron chi connectivity index (χ2n) is 4.98. The summed E-state index contributed by atoms with van der Waals surface area (Å²) in [5.41, 5.74) is 1.49. The van der Waals surface area contributed by atoms with Gasteiger partial charge in [-0.1, -0.05) is 6.07 Å². The Bertz CT molecular complexity index is 900. The summed E-state index contributed by atoms with van der Waals surface area (Å²) < 4.78 is 6.47. The molecular weight excluding hydrogens is 326 g/mol. The molecule has 0 fully saturated rings. The van der Waals surface area contributed by atoms with Gasteiger partial charge >= 0.3 is 0 Å². The van der Waals surface area contributed by atoms with E-state index < -0.39 is 0 Å². The SMILES string of the molecule is COc1ccc(-c2csc(NC(=O)Cn3ccccc3=O)n2)cc1. The lowest BCUT2D eigenvalue weighted by Crippen LogP contribution is -2.26. The van der Waals surface area contributed by atoms with E-state index in [9.17, 15) is 9.59 Å². The molecule has 3 aromatic rings. The van der Waals surface area contributed by atoms with Gasteiger partial charge < -0.3 is 14.6 Å². The minimum Gasteiger partial charge on any atom is -0.497 e. The number of hydrogen-bond acceptors (Lipinski definition) is 5. The first-order valence-electron chi connectivity index (χ1n) is 7.21. The average molecular weight is 341 g/mol. The summed E-state index contributed by atoms with van der Waals surface area (Å²) in [4.78, 5) is 28.0. The molecule has 3 rings (SSSR count).